The molecule has 9 unspecified atom stereocenters. The second kappa shape index (κ2) is 38.4. The van der Waals surface area contributed by atoms with Crippen LogP contribution in [0, 0.1) is 17.9 Å². The number of rotatable bonds is 23. The van der Waals surface area contributed by atoms with Gasteiger partial charge < -0.3 is 112 Å². The van der Waals surface area contributed by atoms with E-state index in [1.807, 2.05) is 13.8 Å². The molecule has 5 amide bonds. The Labute approximate surface area is 676 Å². The first kappa shape index (κ1) is 87.3. The molecule has 17 atom stereocenters. The van der Waals surface area contributed by atoms with E-state index in [0.717, 1.165) is 75.8 Å². The summed E-state index contributed by atoms with van der Waals surface area (Å²) in [4.78, 5) is 118. The Morgan fingerprint density at radius 2 is 1.42 bits per heavy atom. The maximum absolute atomic E-state index is 16.3. The maximum atomic E-state index is 16.3. The first-order valence-electron chi connectivity index (χ1n) is 36.8. The number of unbranched alkanes of at least 4 members (excludes halogenated alkanes) is 7. The van der Waals surface area contributed by atoms with Gasteiger partial charge >= 0.3 is 0 Å². The number of aliphatic hydroxyl groups is 5. The number of nitrogens with one attached hydrogen (secondary N) is 6. The van der Waals surface area contributed by atoms with E-state index >= 15 is 19.2 Å². The van der Waals surface area contributed by atoms with E-state index in [2.05, 4.69) is 44.9 Å². The van der Waals surface area contributed by atoms with Crippen LogP contribution in [0.15, 0.2) is 72.8 Å². The Morgan fingerprint density at radius 1 is 0.766 bits per heavy atom. The Morgan fingerprint density at radius 3 is 2.05 bits per heavy atom. The van der Waals surface area contributed by atoms with Gasteiger partial charge in [-0.1, -0.05) is 119 Å². The maximum Gasteiger partial charge on any atom is 0.283 e. The molecule has 0 spiro atoms. The predicted molar refractivity (Wildman–Crippen MR) is 396 cm³/mol. The summed E-state index contributed by atoms with van der Waals surface area (Å²) >= 11 is 14.3. The average Bonchev–Trinajstić information content (AvgIpc) is 0.775. The Balaban J connectivity index is 0.0000142. The number of ketones is 3. The van der Waals surface area contributed by atoms with E-state index in [1.54, 1.807) is 13.8 Å². The molecule has 2 saturated heterocycles. The molecule has 12 rings (SSSR count). The van der Waals surface area contributed by atoms with Crippen LogP contribution in [0.5, 0.6) is 51.7 Å². The molecule has 0 aromatic heterocycles. The quantitative estimate of drug-likeness (QED) is 0.0246. The van der Waals surface area contributed by atoms with Gasteiger partial charge in [0.2, 0.25) is 35.7 Å². The molecule has 11 bridgehead atoms. The summed E-state index contributed by atoms with van der Waals surface area (Å²) in [6.45, 7) is 9.94. The number of halogens is 2. The van der Waals surface area contributed by atoms with Crippen LogP contribution in [-0.2, 0) is 85.3 Å². The molecule has 33 heteroatoms. The molecule has 7 aliphatic heterocycles. The van der Waals surface area contributed by atoms with Crippen molar-refractivity contribution in [1.29, 1.82) is 0 Å². The fourth-order valence-corrected chi connectivity index (χ4v) is 14.9. The number of benzene rings is 5. The second-order valence-corrected chi connectivity index (χ2v) is 30.1. The van der Waals surface area contributed by atoms with Gasteiger partial charge in [0.1, 0.15) is 59.5 Å². The van der Waals surface area contributed by atoms with Gasteiger partial charge in [0, 0.05) is 81.5 Å². The zero-order chi connectivity index (χ0) is 79.7. The minimum atomic E-state index is -2.16. The third-order valence-corrected chi connectivity index (χ3v) is 21.0. The van der Waals surface area contributed by atoms with Crippen LogP contribution in [0.25, 0.3) is 11.1 Å². The van der Waals surface area contributed by atoms with Crippen molar-refractivity contribution in [2.45, 2.75) is 222 Å². The SMILES string of the molecule is CCCCCCCCCCNC1(C)CC(OC2C(Oc3c4cc5cc3Oc3ccc(cc3Cl)[C@@H](O)[C@@H](NC(=O)[C@@H](CC(C)C)NC)C(=O)C[C@@H](CC(N)=O)C(=O)N[C@H]5C(=O)C[C@H]3C(=O)N[C@@H](Oc5ccc(c(Cl)c5)O4)C(=O)N[C@H](C(C)=O)c4cc(O)[c-]c(O)c4-c4cc3ccc4O)OC(CO)C(O)C2O)OC(C)C1O.[Y]. The molecule has 7 aliphatic rings. The Bertz CT molecular complexity index is 4240. The summed E-state index contributed by atoms with van der Waals surface area (Å²) in [6, 6.07) is 9.76. The van der Waals surface area contributed by atoms with Crippen molar-refractivity contribution in [3.8, 4) is 62.9 Å². The standard InChI is InChI=1S/C78H96Cl2N7O23.Y/c1-8-9-10-11-12-13-14-15-22-83-78(6)34-61(104-38(5)71(78)99)109-70-68(98)67(97)59(35-88)108-77(70)110-69-57-27-41-28-58(69)107-56-21-18-44(32-49(56)80)105-76-75(103)84-63(37(4)89)47-30-43(90)31-52(92)62(47)46-24-39(16-19-51(46)91)45(73(101)87-76)33-54(94)64(41)85-72(100)42(29-60(81)95)26-53(93)65(86-74(102)50(82-7)23-36(2)3)66(96)40-17-20-55(106-57)48(79)25-40;/h16-21,24-25,27-28,30,32,36,38,42,45,50,59,61,63-68,70-71,76-77,82-83,88,90-92,96-99H,8-15,22-23,26,29,33-35H2,1-7H3,(H2,81,95)(H,84,103)(H,85,100)(H,86,102)(H,87,101);/q-1;/t38?,42-,45+,50+,59?,61?,63+,64+,65-,66+,67?,68?,70?,71?,76-,77?,78?;/m0./s1. The summed E-state index contributed by atoms with van der Waals surface area (Å²) < 4.78 is 45.8. The molecular weight excluding hydrogens is 1560 g/mol. The van der Waals surface area contributed by atoms with Crippen molar-refractivity contribution in [3.05, 3.63) is 111 Å². The summed E-state index contributed by atoms with van der Waals surface area (Å²) in [7, 11) is 1.51. The van der Waals surface area contributed by atoms with Crippen molar-refractivity contribution >= 4 is 70.1 Å². The zero-order valence-electron chi connectivity index (χ0n) is 62.5. The van der Waals surface area contributed by atoms with Crippen LogP contribution in [0.4, 0.5) is 0 Å². The van der Waals surface area contributed by atoms with E-state index in [1.165, 1.54) is 62.4 Å². The molecule has 5 aromatic carbocycles. The van der Waals surface area contributed by atoms with Crippen LogP contribution in [-0.4, -0.2) is 181 Å². The topological polar surface area (TPSA) is 461 Å². The van der Waals surface area contributed by atoms with Crippen LogP contribution in [0.2, 0.25) is 10.0 Å². The van der Waals surface area contributed by atoms with Crippen molar-refractivity contribution in [2.75, 3.05) is 20.2 Å². The fraction of sp³-hybridized carbons (Fsp3) is 0.513. The minimum Gasteiger partial charge on any atom is -0.534 e. The van der Waals surface area contributed by atoms with Crippen LogP contribution >= 0.6 is 23.2 Å². The van der Waals surface area contributed by atoms with Gasteiger partial charge in [-0.15, -0.1) is 11.6 Å². The van der Waals surface area contributed by atoms with Gasteiger partial charge in [-0.2, -0.15) is 0 Å². The summed E-state index contributed by atoms with van der Waals surface area (Å²) in [5, 5.41) is 109. The third-order valence-electron chi connectivity index (χ3n) is 20.5. The Kier molecular flexibility index (Phi) is 30.2. The molecule has 111 heavy (non-hydrogen) atoms. The molecule has 0 aliphatic carbocycles. The van der Waals surface area contributed by atoms with E-state index in [-0.39, 0.29) is 112 Å². The van der Waals surface area contributed by atoms with E-state index in [9.17, 15) is 60.0 Å². The number of nitrogens with two attached hydrogens (primary N) is 1. The molecule has 16 N–H and O–H groups in total. The molecule has 1 radical (unpaired) electrons. The minimum absolute atomic E-state index is 0. The molecule has 30 nitrogen and oxygen atoms in total. The fourth-order valence-electron chi connectivity index (χ4n) is 14.5. The molecule has 5 aromatic rings. The predicted octanol–water partition coefficient (Wildman–Crippen LogP) is 6.46. The van der Waals surface area contributed by atoms with Gasteiger partial charge in [0.05, 0.1) is 52.8 Å². The number of amides is 5. The van der Waals surface area contributed by atoms with E-state index in [4.69, 9.17) is 62.1 Å². The number of aromatic hydroxyl groups is 3. The van der Waals surface area contributed by atoms with Gasteiger partial charge in [-0.25, -0.2) is 0 Å². The number of ether oxygens (including phenoxy) is 7. The number of likely N-dealkylation sites (N-methyl/N-ethyl adjacent to an activating group) is 1. The van der Waals surface area contributed by atoms with E-state index in [0.29, 0.717) is 6.54 Å². The zero-order valence-corrected chi connectivity index (χ0v) is 66.8. The van der Waals surface area contributed by atoms with Crippen LogP contribution < -0.4 is 56.6 Å². The smallest absolute Gasteiger partial charge is 0.283 e. The number of phenols is 3. The first-order chi connectivity index (χ1) is 52.3. The molecule has 599 valence electrons. The van der Waals surface area contributed by atoms with Gasteiger partial charge in [-0.3, -0.25) is 38.4 Å². The Hall–Kier alpha value is -7.66. The summed E-state index contributed by atoms with van der Waals surface area (Å²) in [6.07, 6.45) is -10.9. The summed E-state index contributed by atoms with van der Waals surface area (Å²) in [5.41, 5.74) is 3.24. The van der Waals surface area contributed by atoms with Gasteiger partial charge in [0.25, 0.3) is 12.1 Å². The number of carbonyl (C=O) groups excluding carboxylic acids is 8. The average molecular weight is 1660 g/mol. The number of aliphatic hydroxyl groups excluding tert-OH is 5. The normalized spacial score (nSPS) is 27.2. The first-order valence-corrected chi connectivity index (χ1v) is 37.6. The monoisotopic (exact) mass is 1660 g/mol. The van der Waals surface area contributed by atoms with Crippen molar-refractivity contribution in [3.63, 3.8) is 0 Å². The molecule has 2 fully saturated rings. The largest absolute Gasteiger partial charge is 0.534 e. The van der Waals surface area contributed by atoms with Crippen molar-refractivity contribution in [1.82, 2.24) is 31.9 Å². The third kappa shape index (κ3) is 20.8. The van der Waals surface area contributed by atoms with Gasteiger partial charge in [0.15, 0.2) is 41.2 Å². The number of phenolic OH excluding ortho intramolecular Hbond substituents is 3. The van der Waals surface area contributed by atoms with Gasteiger partial charge in [-0.05, 0) is 118 Å². The van der Waals surface area contributed by atoms with Crippen molar-refractivity contribution < 1.29 is 145 Å². The molecule has 7 heterocycles. The van der Waals surface area contributed by atoms with E-state index < -0.39 is 210 Å². The van der Waals surface area contributed by atoms with Crippen molar-refractivity contribution in [2.24, 2.45) is 17.6 Å². The molecular formula is C78H96Cl2N7O23Y-. The molecule has 0 saturated carbocycles. The number of hydrogen-bond acceptors (Lipinski definition) is 25. The summed E-state index contributed by atoms with van der Waals surface area (Å²) in [5.74, 6) is -16.8. The number of hydrogen-bond donors (Lipinski definition) is 15. The van der Waals surface area contributed by atoms with Crippen LogP contribution in [0.1, 0.15) is 171 Å². The number of carbonyl (C=O) groups is 8. The number of Topliss-reactive ketones (excluding diaryl/α,β-unsaturated/α-hetero) is 3. The number of fused-ring (bicyclic) bond motifs is 15. The second-order valence-electron chi connectivity index (χ2n) is 29.3. The van der Waals surface area contributed by atoms with Crippen LogP contribution in [0.3, 0.4) is 0 Å². The number of primary amides is 1.